The van der Waals surface area contributed by atoms with E-state index < -0.39 is 23.7 Å². The number of nitrogens with zero attached hydrogens (tertiary/aromatic N) is 3. The molecular formula is C23H26F2N4O2. The molecule has 2 aromatic carbocycles. The summed E-state index contributed by atoms with van der Waals surface area (Å²) >= 11 is 0. The number of urea groups is 1. The molecule has 1 aromatic heterocycles. The molecule has 0 saturated carbocycles. The fourth-order valence-corrected chi connectivity index (χ4v) is 3.71. The molecule has 1 atom stereocenters. The van der Waals surface area contributed by atoms with Crippen molar-refractivity contribution in [3.8, 4) is 0 Å². The van der Waals surface area contributed by atoms with E-state index in [0.29, 0.717) is 42.3 Å². The summed E-state index contributed by atoms with van der Waals surface area (Å²) in [5, 5.41) is 3.03. The van der Waals surface area contributed by atoms with Gasteiger partial charge in [-0.25, -0.2) is 18.6 Å². The minimum Gasteiger partial charge on any atom is -0.315 e. The monoisotopic (exact) mass is 428 g/mol. The molecule has 0 bridgehead atoms. The first-order chi connectivity index (χ1) is 14.9. The van der Waals surface area contributed by atoms with Crippen LogP contribution in [0.1, 0.15) is 45.5 Å². The van der Waals surface area contributed by atoms with Crippen LogP contribution in [0.2, 0.25) is 0 Å². The molecule has 1 N–H and O–H groups in total. The lowest BCUT2D eigenvalue weighted by Gasteiger charge is -2.31. The first-order valence-electron chi connectivity index (χ1n) is 10.4. The van der Waals surface area contributed by atoms with Crippen LogP contribution in [-0.4, -0.2) is 27.0 Å². The average Bonchev–Trinajstić information content (AvgIpc) is 2.76. The van der Waals surface area contributed by atoms with E-state index in [1.807, 2.05) is 19.9 Å². The van der Waals surface area contributed by atoms with E-state index in [4.69, 9.17) is 4.98 Å². The molecule has 0 saturated heterocycles. The van der Waals surface area contributed by atoms with Gasteiger partial charge in [0, 0.05) is 19.2 Å². The second-order valence-electron chi connectivity index (χ2n) is 7.21. The zero-order chi connectivity index (χ0) is 22.5. The first kappa shape index (κ1) is 22.4. The molecule has 0 aliphatic carbocycles. The fraction of sp³-hybridized carbons (Fsp3) is 0.348. The average molecular weight is 428 g/mol. The Labute approximate surface area is 179 Å². The predicted octanol–water partition coefficient (Wildman–Crippen LogP) is 5.09. The molecule has 1 heterocycles. The number of carbonyl (C=O) groups is 1. The van der Waals surface area contributed by atoms with Crippen LogP contribution in [0.4, 0.5) is 19.3 Å². The molecule has 0 spiro atoms. The summed E-state index contributed by atoms with van der Waals surface area (Å²) in [6, 6.07) is 9.04. The van der Waals surface area contributed by atoms with Gasteiger partial charge in [-0.15, -0.1) is 0 Å². The van der Waals surface area contributed by atoms with Crippen molar-refractivity contribution in [2.75, 3.05) is 11.9 Å². The number of hydrogen-bond donors (Lipinski definition) is 1. The zero-order valence-corrected chi connectivity index (χ0v) is 17.9. The minimum atomic E-state index is -0.857. The van der Waals surface area contributed by atoms with Crippen molar-refractivity contribution in [3.63, 3.8) is 0 Å². The topological polar surface area (TPSA) is 67.2 Å². The highest BCUT2D eigenvalue weighted by atomic mass is 19.1. The van der Waals surface area contributed by atoms with Crippen LogP contribution >= 0.6 is 0 Å². The fourth-order valence-electron chi connectivity index (χ4n) is 3.71. The standard InChI is InChI=1S/C23H26F2N4O2/c1-4-13-29-21(26-18-10-8-7-9-16(18)22(29)30)20(5-2)28(6-3)23(31)27-19-12-11-15(24)14-17(19)25/h7-12,14,20H,4-6,13H2,1-3H3,(H,27,31). The lowest BCUT2D eigenvalue weighted by atomic mass is 10.1. The number of hydrogen-bond acceptors (Lipinski definition) is 3. The maximum absolute atomic E-state index is 14.0. The van der Waals surface area contributed by atoms with Gasteiger partial charge < -0.3 is 10.2 Å². The van der Waals surface area contributed by atoms with Gasteiger partial charge in [-0.1, -0.05) is 26.0 Å². The number of nitrogens with one attached hydrogen (secondary N) is 1. The normalized spacial score (nSPS) is 12.0. The molecule has 3 rings (SSSR count). The van der Waals surface area contributed by atoms with Gasteiger partial charge in [-0.2, -0.15) is 0 Å². The van der Waals surface area contributed by atoms with Crippen LogP contribution in [-0.2, 0) is 6.54 Å². The van der Waals surface area contributed by atoms with E-state index >= 15 is 0 Å². The molecule has 2 amide bonds. The summed E-state index contributed by atoms with van der Waals surface area (Å²) in [5.41, 5.74) is 0.299. The highest BCUT2D eigenvalue weighted by Crippen LogP contribution is 2.25. The third-order valence-electron chi connectivity index (χ3n) is 5.17. The Balaban J connectivity index is 2.04. The maximum atomic E-state index is 14.0. The molecule has 0 aliphatic heterocycles. The summed E-state index contributed by atoms with van der Waals surface area (Å²) in [6.07, 6.45) is 1.23. The Hall–Kier alpha value is -3.29. The third-order valence-corrected chi connectivity index (χ3v) is 5.17. The highest BCUT2D eigenvalue weighted by Gasteiger charge is 2.28. The van der Waals surface area contributed by atoms with Crippen molar-refractivity contribution >= 4 is 22.6 Å². The van der Waals surface area contributed by atoms with Crippen molar-refractivity contribution in [1.82, 2.24) is 14.5 Å². The van der Waals surface area contributed by atoms with Crippen LogP contribution in [0.3, 0.4) is 0 Å². The van der Waals surface area contributed by atoms with Gasteiger partial charge in [0.15, 0.2) is 0 Å². The number of fused-ring (bicyclic) bond motifs is 1. The Bertz CT molecular complexity index is 1150. The third kappa shape index (κ3) is 4.57. The molecule has 31 heavy (non-hydrogen) atoms. The minimum absolute atomic E-state index is 0.114. The smallest absolute Gasteiger partial charge is 0.315 e. The number of aromatic nitrogens is 2. The van der Waals surface area contributed by atoms with Gasteiger partial charge in [0.25, 0.3) is 5.56 Å². The second-order valence-corrected chi connectivity index (χ2v) is 7.21. The predicted molar refractivity (Wildman–Crippen MR) is 117 cm³/mol. The molecule has 164 valence electrons. The van der Waals surface area contributed by atoms with Crippen molar-refractivity contribution in [3.05, 3.63) is 70.3 Å². The Morgan fingerprint density at radius 2 is 1.90 bits per heavy atom. The number of anilines is 1. The van der Waals surface area contributed by atoms with Crippen LogP contribution in [0.25, 0.3) is 10.9 Å². The lowest BCUT2D eigenvalue weighted by molar-refractivity contribution is 0.184. The second kappa shape index (κ2) is 9.68. The molecule has 6 nitrogen and oxygen atoms in total. The largest absolute Gasteiger partial charge is 0.322 e. The molecule has 1 unspecified atom stereocenters. The number of carbonyl (C=O) groups excluding carboxylic acids is 1. The number of benzene rings is 2. The summed E-state index contributed by atoms with van der Waals surface area (Å²) in [7, 11) is 0. The molecule has 0 fully saturated rings. The van der Waals surface area contributed by atoms with E-state index in [1.165, 1.54) is 11.0 Å². The Kier molecular flexibility index (Phi) is 6.99. The summed E-state index contributed by atoms with van der Waals surface area (Å²) in [5.74, 6) is -1.09. The van der Waals surface area contributed by atoms with E-state index in [9.17, 15) is 18.4 Å². The SMILES string of the molecule is CCCn1c(C(CC)N(CC)C(=O)Nc2ccc(F)cc2F)nc2ccccc2c1=O. The first-order valence-corrected chi connectivity index (χ1v) is 10.4. The Morgan fingerprint density at radius 3 is 2.55 bits per heavy atom. The van der Waals surface area contributed by atoms with E-state index in [-0.39, 0.29) is 11.2 Å². The molecular weight excluding hydrogens is 402 g/mol. The maximum Gasteiger partial charge on any atom is 0.322 e. The van der Waals surface area contributed by atoms with Gasteiger partial charge in [0.1, 0.15) is 17.5 Å². The van der Waals surface area contributed by atoms with Gasteiger partial charge in [-0.3, -0.25) is 9.36 Å². The molecule has 8 heteroatoms. The molecule has 0 aliphatic rings. The quantitative estimate of drug-likeness (QED) is 0.570. The number of rotatable bonds is 7. The molecule has 0 radical (unpaired) electrons. The van der Waals surface area contributed by atoms with E-state index in [1.54, 1.807) is 29.7 Å². The Morgan fingerprint density at radius 1 is 1.16 bits per heavy atom. The zero-order valence-electron chi connectivity index (χ0n) is 17.9. The number of amides is 2. The van der Waals surface area contributed by atoms with Gasteiger partial charge >= 0.3 is 6.03 Å². The van der Waals surface area contributed by atoms with Gasteiger partial charge in [0.2, 0.25) is 0 Å². The highest BCUT2D eigenvalue weighted by molar-refractivity contribution is 5.89. The lowest BCUT2D eigenvalue weighted by Crippen LogP contribution is -2.41. The van der Waals surface area contributed by atoms with Gasteiger partial charge in [0.05, 0.1) is 22.6 Å². The van der Waals surface area contributed by atoms with Crippen LogP contribution in [0.5, 0.6) is 0 Å². The molecule has 3 aromatic rings. The van der Waals surface area contributed by atoms with Crippen molar-refractivity contribution < 1.29 is 13.6 Å². The van der Waals surface area contributed by atoms with Crippen molar-refractivity contribution in [2.24, 2.45) is 0 Å². The van der Waals surface area contributed by atoms with Crippen molar-refractivity contribution in [2.45, 2.75) is 46.2 Å². The van der Waals surface area contributed by atoms with Crippen molar-refractivity contribution in [1.29, 1.82) is 0 Å². The van der Waals surface area contributed by atoms with E-state index in [0.717, 1.165) is 12.5 Å². The van der Waals surface area contributed by atoms with E-state index in [2.05, 4.69) is 5.32 Å². The van der Waals surface area contributed by atoms with Gasteiger partial charge in [-0.05, 0) is 44.0 Å². The summed E-state index contributed by atoms with van der Waals surface area (Å²) in [6.45, 7) is 6.44. The number of para-hydroxylation sites is 1. The summed E-state index contributed by atoms with van der Waals surface area (Å²) in [4.78, 5) is 32.4. The van der Waals surface area contributed by atoms with Crippen LogP contribution in [0, 0.1) is 11.6 Å². The van der Waals surface area contributed by atoms with Crippen LogP contribution < -0.4 is 10.9 Å². The van der Waals surface area contributed by atoms with Crippen LogP contribution in [0.15, 0.2) is 47.3 Å². The summed E-state index contributed by atoms with van der Waals surface area (Å²) < 4.78 is 28.9. The number of halogens is 2.